The van der Waals surface area contributed by atoms with E-state index in [1.54, 1.807) is 24.5 Å². The van der Waals surface area contributed by atoms with E-state index in [4.69, 9.17) is 11.6 Å². The highest BCUT2D eigenvalue weighted by Crippen LogP contribution is 2.21. The third-order valence-corrected chi connectivity index (χ3v) is 3.87. The van der Waals surface area contributed by atoms with Crippen molar-refractivity contribution in [1.82, 2.24) is 4.98 Å². The first-order chi connectivity index (χ1) is 11.6. The number of anilines is 1. The summed E-state index contributed by atoms with van der Waals surface area (Å²) in [7, 11) is 0. The Hall–Kier alpha value is -2.72. The molecule has 0 saturated heterocycles. The largest absolute Gasteiger partial charge is 0.322 e. The van der Waals surface area contributed by atoms with Gasteiger partial charge in [-0.2, -0.15) is 0 Å². The summed E-state index contributed by atoms with van der Waals surface area (Å²) in [4.78, 5) is 16.2. The number of nitrogens with one attached hydrogen (secondary N) is 1. The first kappa shape index (κ1) is 16.1. The van der Waals surface area contributed by atoms with Crippen molar-refractivity contribution in [1.29, 1.82) is 0 Å². The van der Waals surface area contributed by atoms with Crippen molar-refractivity contribution >= 4 is 23.2 Å². The molecule has 0 radical (unpaired) electrons. The maximum atomic E-state index is 13.8. The number of carbonyl (C=O) groups is 1. The summed E-state index contributed by atoms with van der Waals surface area (Å²) in [6.07, 6.45) is 4.28. The molecule has 5 heteroatoms. The normalized spacial score (nSPS) is 10.4. The maximum absolute atomic E-state index is 13.8. The van der Waals surface area contributed by atoms with Crippen molar-refractivity contribution in [2.45, 2.75) is 6.42 Å². The molecule has 2 aromatic carbocycles. The predicted molar refractivity (Wildman–Crippen MR) is 92.8 cm³/mol. The topological polar surface area (TPSA) is 42.0 Å². The minimum atomic E-state index is -0.644. The van der Waals surface area contributed by atoms with Crippen LogP contribution in [0.1, 0.15) is 21.5 Å². The first-order valence-electron chi connectivity index (χ1n) is 7.36. The van der Waals surface area contributed by atoms with Crippen molar-refractivity contribution in [2.24, 2.45) is 0 Å². The highest BCUT2D eigenvalue weighted by molar-refractivity contribution is 6.34. The van der Waals surface area contributed by atoms with Crippen LogP contribution in [0.5, 0.6) is 0 Å². The van der Waals surface area contributed by atoms with Crippen LogP contribution in [0.4, 0.5) is 10.1 Å². The number of halogens is 2. The van der Waals surface area contributed by atoms with Crippen molar-refractivity contribution in [3.63, 3.8) is 0 Å². The highest BCUT2D eigenvalue weighted by Gasteiger charge is 2.15. The minimum Gasteiger partial charge on any atom is -0.322 e. The van der Waals surface area contributed by atoms with Crippen molar-refractivity contribution < 1.29 is 9.18 Å². The molecule has 0 atom stereocenters. The van der Waals surface area contributed by atoms with Crippen molar-refractivity contribution in [2.75, 3.05) is 5.32 Å². The van der Waals surface area contributed by atoms with Crippen LogP contribution in [-0.2, 0) is 6.42 Å². The predicted octanol–water partition coefficient (Wildman–Crippen LogP) is 4.72. The molecule has 1 N–H and O–H groups in total. The van der Waals surface area contributed by atoms with E-state index in [9.17, 15) is 9.18 Å². The van der Waals surface area contributed by atoms with E-state index < -0.39 is 11.7 Å². The number of hydrogen-bond donors (Lipinski definition) is 1. The summed E-state index contributed by atoms with van der Waals surface area (Å²) in [5, 5.41) is 2.74. The van der Waals surface area contributed by atoms with Crippen LogP contribution in [-0.4, -0.2) is 10.9 Å². The zero-order chi connectivity index (χ0) is 16.9. The molecule has 120 valence electrons. The van der Waals surface area contributed by atoms with Crippen LogP contribution in [0.25, 0.3) is 0 Å². The molecule has 0 bridgehead atoms. The molecule has 3 aromatic rings. The summed E-state index contributed by atoms with van der Waals surface area (Å²) in [5.74, 6) is -1.21. The second-order valence-corrected chi connectivity index (χ2v) is 5.69. The lowest BCUT2D eigenvalue weighted by Gasteiger charge is -2.09. The highest BCUT2D eigenvalue weighted by atomic mass is 35.5. The number of carbonyl (C=O) groups excluding carboxylic acids is 1. The van der Waals surface area contributed by atoms with E-state index in [0.717, 1.165) is 17.5 Å². The number of hydrogen-bond acceptors (Lipinski definition) is 2. The maximum Gasteiger partial charge on any atom is 0.260 e. The van der Waals surface area contributed by atoms with Crippen LogP contribution >= 0.6 is 11.6 Å². The van der Waals surface area contributed by atoms with E-state index in [1.165, 1.54) is 18.2 Å². The van der Waals surface area contributed by atoms with Gasteiger partial charge in [0.25, 0.3) is 5.91 Å². The second-order valence-electron chi connectivity index (χ2n) is 5.28. The average molecular weight is 341 g/mol. The van der Waals surface area contributed by atoms with Crippen molar-refractivity contribution in [3.8, 4) is 0 Å². The summed E-state index contributed by atoms with van der Waals surface area (Å²) in [6, 6.07) is 15.5. The Morgan fingerprint density at radius 1 is 1.00 bits per heavy atom. The zero-order valence-corrected chi connectivity index (χ0v) is 13.4. The van der Waals surface area contributed by atoms with Gasteiger partial charge in [0.2, 0.25) is 0 Å². The molecule has 1 aromatic heterocycles. The third-order valence-electron chi connectivity index (χ3n) is 3.56. The molecule has 0 aliphatic carbocycles. The van der Waals surface area contributed by atoms with Gasteiger partial charge in [0, 0.05) is 18.1 Å². The van der Waals surface area contributed by atoms with Gasteiger partial charge in [-0.3, -0.25) is 9.78 Å². The average Bonchev–Trinajstić information content (AvgIpc) is 2.57. The fourth-order valence-electron chi connectivity index (χ4n) is 2.35. The van der Waals surface area contributed by atoms with Gasteiger partial charge < -0.3 is 5.32 Å². The molecule has 3 rings (SSSR count). The molecule has 1 amide bonds. The first-order valence-corrected chi connectivity index (χ1v) is 7.74. The summed E-state index contributed by atoms with van der Waals surface area (Å²) >= 11 is 5.90. The lowest BCUT2D eigenvalue weighted by atomic mass is 10.1. The monoisotopic (exact) mass is 340 g/mol. The summed E-state index contributed by atoms with van der Waals surface area (Å²) < 4.78 is 13.8. The number of nitrogens with zero attached hydrogens (tertiary/aromatic N) is 1. The smallest absolute Gasteiger partial charge is 0.260 e. The van der Waals surface area contributed by atoms with Gasteiger partial charge in [-0.1, -0.05) is 29.8 Å². The van der Waals surface area contributed by atoms with E-state index in [0.29, 0.717) is 5.69 Å². The summed E-state index contributed by atoms with van der Waals surface area (Å²) in [6.45, 7) is 0. The van der Waals surface area contributed by atoms with Gasteiger partial charge in [-0.05, 0) is 53.9 Å². The van der Waals surface area contributed by atoms with E-state index in [2.05, 4.69) is 10.3 Å². The molecule has 0 aliphatic rings. The van der Waals surface area contributed by atoms with Gasteiger partial charge in [0.1, 0.15) is 5.82 Å². The van der Waals surface area contributed by atoms with Crippen molar-refractivity contribution in [3.05, 3.63) is 94.5 Å². The SMILES string of the molecule is O=C(Nc1ccc(Cc2ccncc2)cc1)c1c(F)cccc1Cl. The Kier molecular flexibility index (Phi) is 4.87. The molecule has 1 heterocycles. The number of benzene rings is 2. The van der Waals surface area contributed by atoms with Crippen LogP contribution in [0, 0.1) is 5.82 Å². The van der Waals surface area contributed by atoms with Crippen LogP contribution < -0.4 is 5.32 Å². The fraction of sp³-hybridized carbons (Fsp3) is 0.0526. The number of aromatic nitrogens is 1. The molecule has 24 heavy (non-hydrogen) atoms. The van der Waals surface area contributed by atoms with E-state index in [1.807, 2.05) is 24.3 Å². The van der Waals surface area contributed by atoms with Gasteiger partial charge in [-0.15, -0.1) is 0 Å². The van der Waals surface area contributed by atoms with Crippen LogP contribution in [0.3, 0.4) is 0 Å². The lowest BCUT2D eigenvalue weighted by molar-refractivity contribution is 0.102. The van der Waals surface area contributed by atoms with E-state index in [-0.39, 0.29) is 10.6 Å². The molecule has 0 unspecified atom stereocenters. The molecule has 3 nitrogen and oxygen atoms in total. The fourth-order valence-corrected chi connectivity index (χ4v) is 2.60. The Morgan fingerprint density at radius 3 is 2.33 bits per heavy atom. The molecule has 0 spiro atoms. The number of rotatable bonds is 4. The Labute approximate surface area is 144 Å². The van der Waals surface area contributed by atoms with Gasteiger partial charge >= 0.3 is 0 Å². The molecule has 0 aliphatic heterocycles. The summed E-state index contributed by atoms with van der Waals surface area (Å²) in [5.41, 5.74) is 2.68. The van der Waals surface area contributed by atoms with Gasteiger partial charge in [-0.25, -0.2) is 4.39 Å². The Balaban J connectivity index is 1.71. The van der Waals surface area contributed by atoms with Gasteiger partial charge in [0.15, 0.2) is 0 Å². The lowest BCUT2D eigenvalue weighted by Crippen LogP contribution is -2.14. The Bertz CT molecular complexity index is 831. The molecular formula is C19H14ClFN2O. The van der Waals surface area contributed by atoms with E-state index >= 15 is 0 Å². The molecule has 0 saturated carbocycles. The standard InChI is InChI=1S/C19H14ClFN2O/c20-16-2-1-3-17(21)18(16)19(24)23-15-6-4-13(5-7-15)12-14-8-10-22-11-9-14/h1-11H,12H2,(H,23,24). The molecule has 0 fully saturated rings. The van der Waals surface area contributed by atoms with Gasteiger partial charge in [0.05, 0.1) is 10.6 Å². The van der Waals surface area contributed by atoms with Crippen LogP contribution in [0.15, 0.2) is 67.0 Å². The number of amides is 1. The molecular weight excluding hydrogens is 327 g/mol. The zero-order valence-electron chi connectivity index (χ0n) is 12.7. The quantitative estimate of drug-likeness (QED) is 0.746. The number of pyridine rings is 1. The minimum absolute atomic E-state index is 0.0850. The second kappa shape index (κ2) is 7.23. The Morgan fingerprint density at radius 2 is 1.67 bits per heavy atom. The van der Waals surface area contributed by atoms with Crippen LogP contribution in [0.2, 0.25) is 5.02 Å². The third kappa shape index (κ3) is 3.78.